The van der Waals surface area contributed by atoms with Crippen molar-refractivity contribution >= 4 is 9.84 Å². The first-order chi connectivity index (χ1) is 8.46. The molecule has 100 valence electrons. The van der Waals surface area contributed by atoms with Gasteiger partial charge in [-0.3, -0.25) is 0 Å². The summed E-state index contributed by atoms with van der Waals surface area (Å²) in [5.41, 5.74) is 1.85. The van der Waals surface area contributed by atoms with Gasteiger partial charge in [0, 0.05) is 6.04 Å². The van der Waals surface area contributed by atoms with Crippen molar-refractivity contribution in [2.45, 2.75) is 49.3 Å². The second kappa shape index (κ2) is 5.02. The van der Waals surface area contributed by atoms with Crippen LogP contribution in [0, 0.1) is 13.8 Å². The van der Waals surface area contributed by atoms with Crippen molar-refractivity contribution in [3.63, 3.8) is 0 Å². The maximum absolute atomic E-state index is 12.7. The molecule has 2 rings (SSSR count). The summed E-state index contributed by atoms with van der Waals surface area (Å²) >= 11 is 0. The molecule has 1 N–H and O–H groups in total. The maximum atomic E-state index is 12.7. The Balaban J connectivity index is 2.45. The molecule has 0 spiro atoms. The molecular formula is C14H21NO2S. The van der Waals surface area contributed by atoms with Crippen molar-refractivity contribution in [3.05, 3.63) is 29.3 Å². The summed E-state index contributed by atoms with van der Waals surface area (Å²) in [6.45, 7) is 3.80. The van der Waals surface area contributed by atoms with E-state index in [0.29, 0.717) is 4.90 Å². The molecule has 2 unspecified atom stereocenters. The van der Waals surface area contributed by atoms with Gasteiger partial charge in [-0.05, 0) is 50.9 Å². The molecule has 18 heavy (non-hydrogen) atoms. The average Bonchev–Trinajstić information content (AvgIpc) is 2.81. The summed E-state index contributed by atoms with van der Waals surface area (Å²) < 4.78 is 25.5. The van der Waals surface area contributed by atoms with Crippen molar-refractivity contribution in [2.24, 2.45) is 0 Å². The topological polar surface area (TPSA) is 46.2 Å². The average molecular weight is 267 g/mol. The first-order valence-electron chi connectivity index (χ1n) is 6.45. The molecule has 1 aromatic carbocycles. The largest absolute Gasteiger partial charge is 0.316 e. The third-order valence-electron chi connectivity index (χ3n) is 3.87. The van der Waals surface area contributed by atoms with E-state index in [2.05, 4.69) is 5.32 Å². The maximum Gasteiger partial charge on any atom is 0.183 e. The monoisotopic (exact) mass is 267 g/mol. The molecule has 1 fully saturated rings. The van der Waals surface area contributed by atoms with Crippen LogP contribution in [0.2, 0.25) is 0 Å². The van der Waals surface area contributed by atoms with E-state index >= 15 is 0 Å². The van der Waals surface area contributed by atoms with Gasteiger partial charge in [-0.15, -0.1) is 0 Å². The van der Waals surface area contributed by atoms with Gasteiger partial charge in [0.25, 0.3) is 0 Å². The van der Waals surface area contributed by atoms with Crippen molar-refractivity contribution in [1.29, 1.82) is 0 Å². The molecule has 2 atom stereocenters. The van der Waals surface area contributed by atoms with E-state index in [-0.39, 0.29) is 11.3 Å². The quantitative estimate of drug-likeness (QED) is 0.913. The van der Waals surface area contributed by atoms with Crippen LogP contribution in [-0.2, 0) is 9.84 Å². The number of benzene rings is 1. The smallest absolute Gasteiger partial charge is 0.183 e. The lowest BCUT2D eigenvalue weighted by molar-refractivity contribution is 0.537. The Morgan fingerprint density at radius 2 is 1.94 bits per heavy atom. The molecular weight excluding hydrogens is 246 g/mol. The van der Waals surface area contributed by atoms with Crippen molar-refractivity contribution in [1.82, 2.24) is 5.32 Å². The Bertz CT molecular complexity index is 537. The lowest BCUT2D eigenvalue weighted by Crippen LogP contribution is -2.38. The van der Waals surface area contributed by atoms with Gasteiger partial charge in [0.05, 0.1) is 10.1 Å². The standard InChI is InChI=1S/C14H21NO2S/c1-10-7-8-11(2)14(9-10)18(16,17)13-6-4-5-12(13)15-3/h7-9,12-13,15H,4-6H2,1-3H3. The highest BCUT2D eigenvalue weighted by Crippen LogP contribution is 2.31. The Morgan fingerprint density at radius 3 is 2.61 bits per heavy atom. The van der Waals surface area contributed by atoms with Crippen LogP contribution in [0.3, 0.4) is 0 Å². The summed E-state index contributed by atoms with van der Waals surface area (Å²) in [6.07, 6.45) is 2.70. The van der Waals surface area contributed by atoms with Crippen LogP contribution >= 0.6 is 0 Å². The van der Waals surface area contributed by atoms with Crippen LogP contribution in [0.15, 0.2) is 23.1 Å². The molecule has 0 saturated heterocycles. The van der Waals surface area contributed by atoms with Gasteiger partial charge < -0.3 is 5.32 Å². The van der Waals surface area contributed by atoms with Gasteiger partial charge in [-0.1, -0.05) is 18.6 Å². The van der Waals surface area contributed by atoms with E-state index < -0.39 is 9.84 Å². The predicted octanol–water partition coefficient (Wildman–Crippen LogP) is 2.22. The zero-order valence-electron chi connectivity index (χ0n) is 11.2. The van der Waals surface area contributed by atoms with Crippen LogP contribution < -0.4 is 5.32 Å². The molecule has 0 heterocycles. The Morgan fingerprint density at radius 1 is 1.22 bits per heavy atom. The Kier molecular flexibility index (Phi) is 3.78. The van der Waals surface area contributed by atoms with E-state index in [1.807, 2.05) is 33.0 Å². The molecule has 3 nitrogen and oxygen atoms in total. The number of nitrogens with one attached hydrogen (secondary N) is 1. The number of hydrogen-bond donors (Lipinski definition) is 1. The zero-order chi connectivity index (χ0) is 13.3. The number of sulfone groups is 1. The van der Waals surface area contributed by atoms with Gasteiger partial charge in [-0.25, -0.2) is 8.42 Å². The molecule has 0 aromatic heterocycles. The van der Waals surface area contributed by atoms with Crippen LogP contribution in [0.1, 0.15) is 30.4 Å². The van der Waals surface area contributed by atoms with Gasteiger partial charge in [0.2, 0.25) is 0 Å². The molecule has 1 aliphatic rings. The molecule has 0 aliphatic heterocycles. The normalized spacial score (nSPS) is 24.4. The van der Waals surface area contributed by atoms with Crippen molar-refractivity contribution in [2.75, 3.05) is 7.05 Å². The fourth-order valence-corrected chi connectivity index (χ4v) is 5.18. The number of aryl methyl sites for hydroxylation is 2. The van der Waals surface area contributed by atoms with Crippen LogP contribution in [0.4, 0.5) is 0 Å². The number of rotatable bonds is 3. The lowest BCUT2D eigenvalue weighted by Gasteiger charge is -2.20. The predicted molar refractivity (Wildman–Crippen MR) is 73.6 cm³/mol. The van der Waals surface area contributed by atoms with Gasteiger partial charge in [0.15, 0.2) is 9.84 Å². The number of hydrogen-bond acceptors (Lipinski definition) is 3. The Labute approximate surface area is 110 Å². The zero-order valence-corrected chi connectivity index (χ0v) is 12.0. The fraction of sp³-hybridized carbons (Fsp3) is 0.571. The highest BCUT2D eigenvalue weighted by atomic mass is 32.2. The highest BCUT2D eigenvalue weighted by Gasteiger charge is 2.38. The summed E-state index contributed by atoms with van der Waals surface area (Å²) in [4.78, 5) is 0.509. The summed E-state index contributed by atoms with van der Waals surface area (Å²) in [5, 5.41) is 2.87. The third-order valence-corrected chi connectivity index (χ3v) is 6.29. The van der Waals surface area contributed by atoms with Crippen molar-refractivity contribution < 1.29 is 8.42 Å². The van der Waals surface area contributed by atoms with Crippen LogP contribution in [-0.4, -0.2) is 26.8 Å². The minimum absolute atomic E-state index is 0.0925. The first-order valence-corrected chi connectivity index (χ1v) is 8.00. The molecule has 0 amide bonds. The molecule has 0 bridgehead atoms. The van der Waals surface area contributed by atoms with E-state index in [1.54, 1.807) is 6.07 Å². The Hall–Kier alpha value is -0.870. The van der Waals surface area contributed by atoms with Crippen LogP contribution in [0.5, 0.6) is 0 Å². The first kappa shape index (κ1) is 13.6. The summed E-state index contributed by atoms with van der Waals surface area (Å²) in [6, 6.07) is 5.75. The van der Waals surface area contributed by atoms with E-state index in [9.17, 15) is 8.42 Å². The molecule has 1 aromatic rings. The van der Waals surface area contributed by atoms with Crippen molar-refractivity contribution in [3.8, 4) is 0 Å². The second-order valence-electron chi connectivity index (χ2n) is 5.18. The second-order valence-corrected chi connectivity index (χ2v) is 7.31. The summed E-state index contributed by atoms with van der Waals surface area (Å²) in [5.74, 6) is 0. The minimum atomic E-state index is -3.22. The van der Waals surface area contributed by atoms with E-state index in [4.69, 9.17) is 0 Å². The molecule has 1 aliphatic carbocycles. The molecule has 1 saturated carbocycles. The van der Waals surface area contributed by atoms with Gasteiger partial charge >= 0.3 is 0 Å². The third kappa shape index (κ3) is 2.31. The van der Waals surface area contributed by atoms with E-state index in [1.165, 1.54) is 0 Å². The van der Waals surface area contributed by atoms with E-state index in [0.717, 1.165) is 30.4 Å². The highest BCUT2D eigenvalue weighted by molar-refractivity contribution is 7.92. The SMILES string of the molecule is CNC1CCCC1S(=O)(=O)c1cc(C)ccc1C. The van der Waals surface area contributed by atoms with Gasteiger partial charge in [-0.2, -0.15) is 0 Å². The lowest BCUT2D eigenvalue weighted by atomic mass is 10.2. The molecule has 0 radical (unpaired) electrons. The molecule has 4 heteroatoms. The minimum Gasteiger partial charge on any atom is -0.316 e. The summed E-state index contributed by atoms with van der Waals surface area (Å²) in [7, 11) is -1.37. The van der Waals surface area contributed by atoms with Gasteiger partial charge in [0.1, 0.15) is 0 Å². The van der Waals surface area contributed by atoms with Crippen LogP contribution in [0.25, 0.3) is 0 Å². The fourth-order valence-electron chi connectivity index (χ4n) is 2.80.